The molecule has 35 heavy (non-hydrogen) atoms. The summed E-state index contributed by atoms with van der Waals surface area (Å²) in [4.78, 5) is 25.1. The molecule has 10 nitrogen and oxygen atoms in total. The third-order valence-corrected chi connectivity index (χ3v) is 6.81. The third kappa shape index (κ3) is 4.73. The van der Waals surface area contributed by atoms with Crippen molar-refractivity contribution < 1.29 is 23.4 Å². The summed E-state index contributed by atoms with van der Waals surface area (Å²) in [5.74, 6) is -1.54. The van der Waals surface area contributed by atoms with Gasteiger partial charge in [0.15, 0.2) is 5.65 Å². The van der Waals surface area contributed by atoms with Crippen LogP contribution in [-0.4, -0.2) is 55.9 Å². The number of aliphatic hydroxyl groups is 1. The number of aliphatic hydroxyl groups excluding tert-OH is 1. The zero-order valence-electron chi connectivity index (χ0n) is 18.5. The highest BCUT2D eigenvalue weighted by atomic mass is 35.5. The molecule has 3 aromatic rings. The summed E-state index contributed by atoms with van der Waals surface area (Å²) in [7, 11) is 0. The van der Waals surface area contributed by atoms with Crippen molar-refractivity contribution in [3.63, 3.8) is 0 Å². The first kappa shape index (κ1) is 23.6. The monoisotopic (exact) mass is 507 g/mol. The molecule has 186 valence electrons. The maximum atomic E-state index is 14.5. The maximum absolute atomic E-state index is 14.5. The Morgan fingerprint density at radius 2 is 1.94 bits per heavy atom. The Balaban J connectivity index is 1.53. The molecule has 2 aromatic heterocycles. The van der Waals surface area contributed by atoms with Crippen LogP contribution in [0.2, 0.25) is 5.02 Å². The van der Waals surface area contributed by atoms with Crippen molar-refractivity contribution in [3.05, 3.63) is 35.0 Å². The highest BCUT2D eigenvalue weighted by Crippen LogP contribution is 2.37. The summed E-state index contributed by atoms with van der Waals surface area (Å²) >= 11 is 5.69. The Hall–Kier alpha value is -3.09. The number of aromatic nitrogens is 4. The molecule has 3 heterocycles. The van der Waals surface area contributed by atoms with Gasteiger partial charge in [0.25, 0.3) is 0 Å². The average Bonchev–Trinajstić information content (AvgIpc) is 3.40. The molecule has 1 saturated carbocycles. The van der Waals surface area contributed by atoms with E-state index >= 15 is 0 Å². The minimum Gasteiger partial charge on any atom is -0.388 e. The van der Waals surface area contributed by atoms with Crippen LogP contribution >= 0.6 is 11.6 Å². The molecule has 1 unspecified atom stereocenters. The first-order valence-electron chi connectivity index (χ1n) is 11.3. The predicted molar refractivity (Wildman–Crippen MR) is 124 cm³/mol. The number of amides is 1. The number of ether oxygens (including phenoxy) is 1. The van der Waals surface area contributed by atoms with Gasteiger partial charge in [0.1, 0.15) is 17.2 Å². The van der Waals surface area contributed by atoms with Gasteiger partial charge < -0.3 is 26.2 Å². The number of rotatable bonds is 6. The van der Waals surface area contributed by atoms with Gasteiger partial charge in [-0.2, -0.15) is 4.98 Å². The summed E-state index contributed by atoms with van der Waals surface area (Å²) in [5.41, 5.74) is 6.26. The first-order chi connectivity index (χ1) is 16.8. The van der Waals surface area contributed by atoms with Crippen LogP contribution in [0.4, 0.5) is 26.4 Å². The second-order valence-corrected chi connectivity index (χ2v) is 9.25. The number of hydrogen-bond acceptors (Lipinski definition) is 8. The van der Waals surface area contributed by atoms with Crippen LogP contribution in [0.3, 0.4) is 0 Å². The fourth-order valence-corrected chi connectivity index (χ4v) is 4.75. The molecule has 2 fully saturated rings. The number of nitrogens with zero attached hydrogens (tertiary/aromatic N) is 4. The molecule has 0 spiro atoms. The lowest BCUT2D eigenvalue weighted by molar-refractivity contribution is -0.122. The van der Waals surface area contributed by atoms with E-state index < -0.39 is 17.7 Å². The number of imidazole rings is 1. The summed E-state index contributed by atoms with van der Waals surface area (Å²) in [6.45, 7) is 0.533. The second-order valence-electron chi connectivity index (χ2n) is 8.84. The summed E-state index contributed by atoms with van der Waals surface area (Å²) in [6.07, 6.45) is 3.24. The van der Waals surface area contributed by atoms with Crippen LogP contribution in [0.15, 0.2) is 18.3 Å². The number of carbonyl (C=O) groups is 1. The molecule has 2 aliphatic rings. The van der Waals surface area contributed by atoms with E-state index in [1.807, 2.05) is 4.57 Å². The van der Waals surface area contributed by atoms with E-state index in [9.17, 15) is 18.7 Å². The van der Waals surface area contributed by atoms with E-state index in [1.54, 1.807) is 0 Å². The van der Waals surface area contributed by atoms with Gasteiger partial charge in [-0.1, -0.05) is 11.6 Å². The van der Waals surface area contributed by atoms with Gasteiger partial charge in [0.2, 0.25) is 17.8 Å². The number of benzene rings is 1. The SMILES string of the molecule is NC(=O)[C@H]1CC[C@@H](n2c(Nc3cc(F)c(Cl)cc3F)nc3cnc(NC4COC[C@H]4O)nc32)CC1. The number of halogens is 3. The zero-order chi connectivity index (χ0) is 24.7. The zero-order valence-corrected chi connectivity index (χ0v) is 19.3. The van der Waals surface area contributed by atoms with Crippen molar-refractivity contribution in [2.24, 2.45) is 11.7 Å². The number of fused-ring (bicyclic) bond motifs is 1. The molecule has 2 atom stereocenters. The molecule has 0 bridgehead atoms. The Morgan fingerprint density at radius 1 is 1.17 bits per heavy atom. The summed E-state index contributed by atoms with van der Waals surface area (Å²) in [5, 5.41) is 15.7. The molecule has 1 aromatic carbocycles. The fourth-order valence-electron chi connectivity index (χ4n) is 4.60. The second kappa shape index (κ2) is 9.51. The lowest BCUT2D eigenvalue weighted by Crippen LogP contribution is -2.32. The first-order valence-corrected chi connectivity index (χ1v) is 11.7. The molecule has 1 aliphatic carbocycles. The van der Waals surface area contributed by atoms with Crippen molar-refractivity contribution >= 4 is 46.3 Å². The van der Waals surface area contributed by atoms with Crippen LogP contribution < -0.4 is 16.4 Å². The predicted octanol–water partition coefficient (Wildman–Crippen LogP) is 2.89. The number of anilines is 3. The van der Waals surface area contributed by atoms with Crippen LogP contribution in [0.1, 0.15) is 31.7 Å². The lowest BCUT2D eigenvalue weighted by atomic mass is 9.85. The van der Waals surface area contributed by atoms with Gasteiger partial charge in [0, 0.05) is 18.0 Å². The fraction of sp³-hybridized carbons (Fsp3) is 0.455. The minimum absolute atomic E-state index is 0.124. The van der Waals surface area contributed by atoms with E-state index in [2.05, 4.69) is 25.6 Å². The molecule has 5 N–H and O–H groups in total. The van der Waals surface area contributed by atoms with Gasteiger partial charge in [0.05, 0.1) is 42.3 Å². The third-order valence-electron chi connectivity index (χ3n) is 6.52. The van der Waals surface area contributed by atoms with Crippen LogP contribution in [0.5, 0.6) is 0 Å². The standard InChI is InChI=1S/C22H24ClF2N7O3/c23-12-5-14(25)15(6-13(12)24)29-22-30-16-7-27-21(28-17-8-35-9-18(17)33)31-20(16)32(22)11-3-1-10(2-4-11)19(26)34/h5-7,10-11,17-18,33H,1-4,8-9H2,(H2,26,34)(H,29,30)(H,27,28,31)/t10-,11+,17?,18-/m1/s1. The quantitative estimate of drug-likeness (QED) is 0.373. The molecular formula is C22H24ClF2N7O3. The smallest absolute Gasteiger partial charge is 0.225 e. The van der Waals surface area contributed by atoms with E-state index in [1.165, 1.54) is 6.20 Å². The van der Waals surface area contributed by atoms with Crippen molar-refractivity contribution in [2.75, 3.05) is 23.8 Å². The van der Waals surface area contributed by atoms with Crippen LogP contribution in [0.25, 0.3) is 11.2 Å². The molecule has 13 heteroatoms. The van der Waals surface area contributed by atoms with Crippen LogP contribution in [-0.2, 0) is 9.53 Å². The van der Waals surface area contributed by atoms with E-state index in [-0.39, 0.29) is 53.1 Å². The number of carbonyl (C=O) groups excluding carboxylic acids is 1. The van der Waals surface area contributed by atoms with E-state index in [0.717, 1.165) is 12.1 Å². The Labute approximate surface area is 203 Å². The van der Waals surface area contributed by atoms with Crippen molar-refractivity contribution in [3.8, 4) is 0 Å². The lowest BCUT2D eigenvalue weighted by Gasteiger charge is -2.29. The number of nitrogens with one attached hydrogen (secondary N) is 2. The van der Waals surface area contributed by atoms with Crippen molar-refractivity contribution in [2.45, 2.75) is 43.9 Å². The Bertz CT molecular complexity index is 1270. The molecule has 1 amide bonds. The van der Waals surface area contributed by atoms with Crippen molar-refractivity contribution in [1.82, 2.24) is 19.5 Å². The topological polar surface area (TPSA) is 140 Å². The van der Waals surface area contributed by atoms with Gasteiger partial charge in [-0.3, -0.25) is 9.36 Å². The molecule has 0 radical (unpaired) electrons. The van der Waals surface area contributed by atoms with Crippen molar-refractivity contribution in [1.29, 1.82) is 0 Å². The summed E-state index contributed by atoms with van der Waals surface area (Å²) in [6, 6.07) is 1.37. The highest BCUT2D eigenvalue weighted by Gasteiger charge is 2.30. The summed E-state index contributed by atoms with van der Waals surface area (Å²) < 4.78 is 35.7. The molecule has 1 saturated heterocycles. The number of nitrogens with two attached hydrogens (primary N) is 1. The average molecular weight is 508 g/mol. The van der Waals surface area contributed by atoms with Gasteiger partial charge in [-0.25, -0.2) is 18.7 Å². The number of primary amides is 1. The normalized spacial score (nSPS) is 24.6. The Morgan fingerprint density at radius 3 is 2.63 bits per heavy atom. The Kier molecular flexibility index (Phi) is 6.43. The minimum atomic E-state index is -0.774. The molecule has 1 aliphatic heterocycles. The van der Waals surface area contributed by atoms with Gasteiger partial charge in [-0.15, -0.1) is 0 Å². The number of hydrogen-bond donors (Lipinski definition) is 4. The largest absolute Gasteiger partial charge is 0.388 e. The van der Waals surface area contributed by atoms with E-state index in [0.29, 0.717) is 43.5 Å². The molecule has 5 rings (SSSR count). The van der Waals surface area contributed by atoms with Crippen LogP contribution in [0, 0.1) is 17.6 Å². The van der Waals surface area contributed by atoms with Gasteiger partial charge >= 0.3 is 0 Å². The highest BCUT2D eigenvalue weighted by molar-refractivity contribution is 6.30. The molecular weight excluding hydrogens is 484 g/mol. The van der Waals surface area contributed by atoms with E-state index in [4.69, 9.17) is 22.1 Å². The maximum Gasteiger partial charge on any atom is 0.225 e. The van der Waals surface area contributed by atoms with Gasteiger partial charge in [-0.05, 0) is 31.7 Å².